The molecule has 0 radical (unpaired) electrons. The molecule has 8 nitrogen and oxygen atoms in total. The number of nitrogens with zero attached hydrogens (tertiary/aromatic N) is 4. The maximum atomic E-state index is 13.4. The van der Waals surface area contributed by atoms with Crippen molar-refractivity contribution in [3.05, 3.63) is 58.6 Å². The van der Waals surface area contributed by atoms with E-state index in [4.69, 9.17) is 4.74 Å². The molecule has 2 fully saturated rings. The highest BCUT2D eigenvalue weighted by atomic mass is 16.5. The Kier molecular flexibility index (Phi) is 8.46. The van der Waals surface area contributed by atoms with Crippen LogP contribution in [0.15, 0.2) is 35.8 Å². The van der Waals surface area contributed by atoms with Crippen molar-refractivity contribution in [2.24, 2.45) is 5.92 Å². The van der Waals surface area contributed by atoms with Crippen LogP contribution in [0.1, 0.15) is 55.7 Å². The lowest BCUT2D eigenvalue weighted by molar-refractivity contribution is -0.138. The topological polar surface area (TPSA) is 75.5 Å². The van der Waals surface area contributed by atoms with E-state index in [1.165, 1.54) is 5.69 Å². The molecule has 4 rings (SSSR count). The zero-order valence-electron chi connectivity index (χ0n) is 21.1. The minimum atomic E-state index is -0.0238. The van der Waals surface area contributed by atoms with Crippen LogP contribution < -0.4 is 5.69 Å². The molecule has 0 saturated carbocycles. The number of carbonyl (C=O) groups excluding carboxylic acids is 1. The molecular weight excluding hydrogens is 442 g/mol. The van der Waals surface area contributed by atoms with E-state index in [1.54, 1.807) is 17.8 Å². The van der Waals surface area contributed by atoms with Gasteiger partial charge in [-0.15, -0.1) is 0 Å². The Balaban J connectivity index is 1.38. The molecule has 2 saturated heterocycles. The standard InChI is InChI=1S/C27H39N5O3/c1-4-7-25-24(5-2)31(18-19-35-3)27(34)32(25)23-11-16-30(17-12-23)26(33)21-9-14-29(15-10-21)20-22-8-6-13-28-22/h4-8,13,21,23,28H,2,9-12,14-20H2,1,3H3/b7-4-. The molecular formula is C27H39N5O3. The lowest BCUT2D eigenvalue weighted by Crippen LogP contribution is -2.46. The monoisotopic (exact) mass is 481 g/mol. The second kappa shape index (κ2) is 11.7. The van der Waals surface area contributed by atoms with Crippen molar-refractivity contribution in [3.8, 4) is 0 Å². The molecule has 2 aliphatic heterocycles. The Bertz CT molecular complexity index is 1070. The summed E-state index contributed by atoms with van der Waals surface area (Å²) < 4.78 is 8.88. The number of aromatic amines is 1. The third-order valence-corrected chi connectivity index (χ3v) is 7.42. The highest BCUT2D eigenvalue weighted by Gasteiger charge is 2.32. The number of hydrogen-bond donors (Lipinski definition) is 1. The normalized spacial score (nSPS) is 18.5. The Morgan fingerprint density at radius 1 is 1.17 bits per heavy atom. The fraction of sp³-hybridized carbons (Fsp3) is 0.556. The molecule has 1 N–H and O–H groups in total. The molecule has 2 aromatic heterocycles. The average molecular weight is 482 g/mol. The Hall–Kier alpha value is -2.84. The molecule has 2 aliphatic rings. The lowest BCUT2D eigenvalue weighted by atomic mass is 9.93. The molecule has 0 aliphatic carbocycles. The van der Waals surface area contributed by atoms with Crippen molar-refractivity contribution in [2.45, 2.75) is 51.7 Å². The minimum absolute atomic E-state index is 0.0238. The van der Waals surface area contributed by atoms with E-state index in [-0.39, 0.29) is 23.6 Å². The van der Waals surface area contributed by atoms with Gasteiger partial charge < -0.3 is 14.6 Å². The summed E-state index contributed by atoms with van der Waals surface area (Å²) in [7, 11) is 1.64. The molecule has 0 atom stereocenters. The highest BCUT2D eigenvalue weighted by Crippen LogP contribution is 2.28. The SMILES string of the molecule is C=Cc1c(/C=C\C)n(C2CCN(C(=O)C3CCN(Cc4ccc[nH]4)CC3)CC2)c(=O)n1CCOC. The zero-order valence-corrected chi connectivity index (χ0v) is 21.1. The first-order chi connectivity index (χ1) is 17.1. The van der Waals surface area contributed by atoms with E-state index in [9.17, 15) is 9.59 Å². The van der Waals surface area contributed by atoms with Crippen LogP contribution in [-0.4, -0.2) is 69.7 Å². The fourth-order valence-corrected chi connectivity index (χ4v) is 5.54. The molecule has 0 aromatic carbocycles. The first-order valence-corrected chi connectivity index (χ1v) is 12.8. The smallest absolute Gasteiger partial charge is 0.329 e. The third kappa shape index (κ3) is 5.54. The first kappa shape index (κ1) is 25.3. The molecule has 4 heterocycles. The molecule has 190 valence electrons. The van der Waals surface area contributed by atoms with Gasteiger partial charge in [0.05, 0.1) is 24.5 Å². The molecule has 2 aromatic rings. The molecule has 1 amide bonds. The maximum absolute atomic E-state index is 13.4. The molecule has 35 heavy (non-hydrogen) atoms. The van der Waals surface area contributed by atoms with E-state index in [0.29, 0.717) is 26.2 Å². The van der Waals surface area contributed by atoms with Gasteiger partial charge in [0.15, 0.2) is 0 Å². The van der Waals surface area contributed by atoms with Crippen LogP contribution in [0.2, 0.25) is 0 Å². The summed E-state index contributed by atoms with van der Waals surface area (Å²) in [6, 6.07) is 4.21. The zero-order chi connectivity index (χ0) is 24.8. The van der Waals surface area contributed by atoms with Crippen LogP contribution >= 0.6 is 0 Å². The van der Waals surface area contributed by atoms with Gasteiger partial charge in [-0.25, -0.2) is 4.79 Å². The minimum Gasteiger partial charge on any atom is -0.383 e. The lowest BCUT2D eigenvalue weighted by Gasteiger charge is -2.37. The predicted octanol–water partition coefficient (Wildman–Crippen LogP) is 3.38. The number of methoxy groups -OCH3 is 1. The average Bonchev–Trinajstić information content (AvgIpc) is 3.48. The summed E-state index contributed by atoms with van der Waals surface area (Å²) in [5.41, 5.74) is 2.92. The summed E-state index contributed by atoms with van der Waals surface area (Å²) in [4.78, 5) is 34.3. The van der Waals surface area contributed by atoms with Crippen molar-refractivity contribution in [3.63, 3.8) is 0 Å². The van der Waals surface area contributed by atoms with E-state index < -0.39 is 0 Å². The number of hydrogen-bond acceptors (Lipinski definition) is 4. The van der Waals surface area contributed by atoms with Crippen molar-refractivity contribution in [1.29, 1.82) is 0 Å². The van der Waals surface area contributed by atoms with E-state index in [0.717, 1.165) is 56.7 Å². The second-order valence-corrected chi connectivity index (χ2v) is 9.57. The van der Waals surface area contributed by atoms with Crippen LogP contribution in [0.3, 0.4) is 0 Å². The van der Waals surface area contributed by atoms with Crippen molar-refractivity contribution >= 4 is 18.1 Å². The number of rotatable bonds is 9. The summed E-state index contributed by atoms with van der Waals surface area (Å²) in [5.74, 6) is 0.392. The van der Waals surface area contributed by atoms with Crippen LogP contribution in [0.25, 0.3) is 12.2 Å². The number of H-pyrrole nitrogens is 1. The number of amides is 1. The summed E-state index contributed by atoms with van der Waals surface area (Å²) in [5, 5.41) is 0. The number of ether oxygens (including phenoxy) is 1. The molecule has 0 unspecified atom stereocenters. The quantitative estimate of drug-likeness (QED) is 0.596. The van der Waals surface area contributed by atoms with E-state index in [1.807, 2.05) is 40.8 Å². The second-order valence-electron chi connectivity index (χ2n) is 9.57. The molecule has 0 bridgehead atoms. The van der Waals surface area contributed by atoms with E-state index >= 15 is 0 Å². The van der Waals surface area contributed by atoms with Crippen LogP contribution in [-0.2, 0) is 22.6 Å². The Morgan fingerprint density at radius 2 is 1.91 bits per heavy atom. The summed E-state index contributed by atoms with van der Waals surface area (Å²) >= 11 is 0. The van der Waals surface area contributed by atoms with Gasteiger partial charge in [-0.2, -0.15) is 0 Å². The highest BCUT2D eigenvalue weighted by molar-refractivity contribution is 5.79. The largest absolute Gasteiger partial charge is 0.383 e. The summed E-state index contributed by atoms with van der Waals surface area (Å²) in [6.45, 7) is 11.1. The summed E-state index contributed by atoms with van der Waals surface area (Å²) in [6.07, 6.45) is 11.0. The molecule has 0 spiro atoms. The van der Waals surface area contributed by atoms with Gasteiger partial charge in [0, 0.05) is 50.6 Å². The van der Waals surface area contributed by atoms with Gasteiger partial charge in [-0.1, -0.05) is 12.7 Å². The number of carbonyl (C=O) groups is 1. The van der Waals surface area contributed by atoms with Gasteiger partial charge >= 0.3 is 5.69 Å². The predicted molar refractivity (Wildman–Crippen MR) is 139 cm³/mol. The van der Waals surface area contributed by atoms with Gasteiger partial charge in [-0.3, -0.25) is 18.8 Å². The van der Waals surface area contributed by atoms with Crippen molar-refractivity contribution in [2.75, 3.05) is 39.9 Å². The Morgan fingerprint density at radius 3 is 2.51 bits per heavy atom. The number of piperidine rings is 2. The number of nitrogens with one attached hydrogen (secondary N) is 1. The van der Waals surface area contributed by atoms with Gasteiger partial charge in [0.25, 0.3) is 0 Å². The fourth-order valence-electron chi connectivity index (χ4n) is 5.54. The number of allylic oxidation sites excluding steroid dienone is 1. The van der Waals surface area contributed by atoms with Crippen molar-refractivity contribution in [1.82, 2.24) is 23.9 Å². The van der Waals surface area contributed by atoms with Crippen molar-refractivity contribution < 1.29 is 9.53 Å². The van der Waals surface area contributed by atoms with Crippen LogP contribution in [0.5, 0.6) is 0 Å². The van der Waals surface area contributed by atoms with Gasteiger partial charge in [-0.05, 0) is 70.0 Å². The van der Waals surface area contributed by atoms with Gasteiger partial charge in [0.2, 0.25) is 5.91 Å². The first-order valence-electron chi connectivity index (χ1n) is 12.8. The van der Waals surface area contributed by atoms with E-state index in [2.05, 4.69) is 22.5 Å². The number of likely N-dealkylation sites (tertiary alicyclic amines) is 2. The van der Waals surface area contributed by atoms with Gasteiger partial charge in [0.1, 0.15) is 0 Å². The molecule has 8 heteroatoms. The Labute approximate surface area is 207 Å². The van der Waals surface area contributed by atoms with Crippen LogP contribution in [0.4, 0.5) is 0 Å². The maximum Gasteiger partial charge on any atom is 0.329 e. The number of imidazole rings is 1. The third-order valence-electron chi connectivity index (χ3n) is 7.42. The number of aromatic nitrogens is 3. The van der Waals surface area contributed by atoms with Crippen LogP contribution in [0, 0.1) is 5.92 Å².